The summed E-state index contributed by atoms with van der Waals surface area (Å²) < 4.78 is 19.4. The molecule has 2 rings (SSSR count). The molecule has 0 amide bonds. The van der Waals surface area contributed by atoms with Gasteiger partial charge in [0, 0.05) is 0 Å². The molecule has 0 unspecified atom stereocenters. The number of nitrogens with two attached hydrogens (primary N) is 2. The number of nitrogen functional groups attached to an aromatic ring is 2. The minimum atomic E-state index is -0.662. The van der Waals surface area contributed by atoms with E-state index in [1.54, 1.807) is 0 Å². The van der Waals surface area contributed by atoms with Crippen LogP contribution in [-0.4, -0.2) is 6.61 Å². The van der Waals surface area contributed by atoms with E-state index in [1.807, 2.05) is 0 Å². The van der Waals surface area contributed by atoms with Crippen LogP contribution in [0.2, 0.25) is 5.02 Å². The van der Waals surface area contributed by atoms with Gasteiger partial charge in [-0.3, -0.25) is 0 Å². The van der Waals surface area contributed by atoms with E-state index in [9.17, 15) is 4.39 Å². The molecule has 4 N–H and O–H groups in total. The normalized spacial score (nSPS) is 16.8. The lowest BCUT2D eigenvalue weighted by atomic mass is 9.90. The van der Waals surface area contributed by atoms with Crippen LogP contribution in [0.5, 0.6) is 5.75 Å². The van der Waals surface area contributed by atoms with Crippen LogP contribution >= 0.6 is 11.6 Å². The van der Waals surface area contributed by atoms with Crippen LogP contribution in [0.25, 0.3) is 0 Å². The average molecular weight is 273 g/mol. The van der Waals surface area contributed by atoms with E-state index in [1.165, 1.54) is 25.3 Å². The summed E-state index contributed by atoms with van der Waals surface area (Å²) in [5, 5.41) is -0.122. The molecule has 0 radical (unpaired) electrons. The van der Waals surface area contributed by atoms with Crippen molar-refractivity contribution in [2.24, 2.45) is 5.92 Å². The van der Waals surface area contributed by atoms with Crippen molar-refractivity contribution < 1.29 is 9.13 Å². The van der Waals surface area contributed by atoms with Crippen molar-refractivity contribution in [3.63, 3.8) is 0 Å². The first-order valence-corrected chi connectivity index (χ1v) is 6.63. The van der Waals surface area contributed by atoms with Gasteiger partial charge in [0.1, 0.15) is 5.02 Å². The third-order valence-corrected chi connectivity index (χ3v) is 3.79. The van der Waals surface area contributed by atoms with Crippen molar-refractivity contribution >= 4 is 23.0 Å². The topological polar surface area (TPSA) is 61.3 Å². The second kappa shape index (κ2) is 5.65. The third kappa shape index (κ3) is 2.80. The molecule has 1 aliphatic rings. The molecule has 0 heterocycles. The van der Waals surface area contributed by atoms with Crippen molar-refractivity contribution in [3.8, 4) is 5.75 Å². The van der Waals surface area contributed by atoms with Gasteiger partial charge in [0.2, 0.25) is 0 Å². The van der Waals surface area contributed by atoms with E-state index in [2.05, 4.69) is 0 Å². The van der Waals surface area contributed by atoms with E-state index < -0.39 is 5.82 Å². The number of rotatable bonds is 3. The molecule has 0 bridgehead atoms. The summed E-state index contributed by atoms with van der Waals surface area (Å²) in [5.41, 5.74) is 11.6. The predicted molar refractivity (Wildman–Crippen MR) is 72.3 cm³/mol. The first-order chi connectivity index (χ1) is 8.59. The maximum Gasteiger partial charge on any atom is 0.187 e. The lowest BCUT2D eigenvalue weighted by Gasteiger charge is -2.22. The number of anilines is 2. The van der Waals surface area contributed by atoms with Crippen molar-refractivity contribution in [2.45, 2.75) is 32.1 Å². The van der Waals surface area contributed by atoms with Gasteiger partial charge in [-0.15, -0.1) is 0 Å². The molecule has 1 fully saturated rings. The average Bonchev–Trinajstić information content (AvgIpc) is 2.37. The molecule has 3 nitrogen and oxygen atoms in total. The summed E-state index contributed by atoms with van der Waals surface area (Å²) in [6, 6.07) is 1.43. The van der Waals surface area contributed by atoms with Gasteiger partial charge in [0.25, 0.3) is 0 Å². The minimum Gasteiger partial charge on any atom is -0.488 e. The maximum atomic E-state index is 13.9. The van der Waals surface area contributed by atoms with Gasteiger partial charge in [-0.1, -0.05) is 30.9 Å². The first-order valence-electron chi connectivity index (χ1n) is 6.25. The fourth-order valence-electron chi connectivity index (χ4n) is 2.35. The Morgan fingerprint density at radius 3 is 2.56 bits per heavy atom. The van der Waals surface area contributed by atoms with Crippen LogP contribution in [0.3, 0.4) is 0 Å². The molecular formula is C13H18ClFN2O. The molecule has 0 atom stereocenters. The quantitative estimate of drug-likeness (QED) is 0.827. The summed E-state index contributed by atoms with van der Waals surface area (Å²) in [6.07, 6.45) is 5.97. The fraction of sp³-hybridized carbons (Fsp3) is 0.538. The zero-order chi connectivity index (χ0) is 13.1. The molecule has 0 aromatic heterocycles. The van der Waals surface area contributed by atoms with E-state index >= 15 is 0 Å². The SMILES string of the molecule is Nc1cc(N)c(OCC2CCCCC2)c(F)c1Cl. The van der Waals surface area contributed by atoms with Gasteiger partial charge in [-0.2, -0.15) is 0 Å². The summed E-state index contributed by atoms with van der Waals surface area (Å²) >= 11 is 5.74. The highest BCUT2D eigenvalue weighted by Gasteiger charge is 2.19. The van der Waals surface area contributed by atoms with Gasteiger partial charge in [-0.25, -0.2) is 4.39 Å². The number of hydrogen-bond donors (Lipinski definition) is 2. The van der Waals surface area contributed by atoms with Crippen LogP contribution in [0, 0.1) is 11.7 Å². The van der Waals surface area contributed by atoms with Crippen LogP contribution in [-0.2, 0) is 0 Å². The van der Waals surface area contributed by atoms with Gasteiger partial charge < -0.3 is 16.2 Å². The highest BCUT2D eigenvalue weighted by molar-refractivity contribution is 6.33. The van der Waals surface area contributed by atoms with Gasteiger partial charge in [-0.05, 0) is 24.8 Å². The highest BCUT2D eigenvalue weighted by atomic mass is 35.5. The Balaban J connectivity index is 2.06. The Bertz CT molecular complexity index is 433. The molecular weight excluding hydrogens is 255 g/mol. The fourth-order valence-corrected chi connectivity index (χ4v) is 2.49. The standard InChI is InChI=1S/C13H18ClFN2O/c14-11-9(16)6-10(17)13(12(11)15)18-7-8-4-2-1-3-5-8/h6,8H,1-5,7,16-17H2. The molecule has 1 aromatic rings. The predicted octanol–water partition coefficient (Wildman–Crippen LogP) is 3.60. The molecule has 0 saturated heterocycles. The summed E-state index contributed by atoms with van der Waals surface area (Å²) in [4.78, 5) is 0. The summed E-state index contributed by atoms with van der Waals surface area (Å²) in [6.45, 7) is 0.487. The van der Waals surface area contributed by atoms with Gasteiger partial charge in [0.05, 0.1) is 18.0 Å². The Morgan fingerprint density at radius 2 is 1.89 bits per heavy atom. The van der Waals surface area contributed by atoms with Gasteiger partial charge in [0.15, 0.2) is 11.6 Å². The van der Waals surface area contributed by atoms with Crippen molar-refractivity contribution in [1.29, 1.82) is 0 Å². The molecule has 1 aromatic carbocycles. The molecule has 1 aliphatic carbocycles. The third-order valence-electron chi connectivity index (χ3n) is 3.41. The van der Waals surface area contributed by atoms with Crippen LogP contribution in [0.1, 0.15) is 32.1 Å². The smallest absolute Gasteiger partial charge is 0.187 e. The number of halogens is 2. The summed E-state index contributed by atoms with van der Waals surface area (Å²) in [5.74, 6) is -0.154. The minimum absolute atomic E-state index is 0.0276. The second-order valence-electron chi connectivity index (χ2n) is 4.83. The van der Waals surface area contributed by atoms with E-state index in [4.69, 9.17) is 27.8 Å². The highest BCUT2D eigenvalue weighted by Crippen LogP contribution is 2.36. The van der Waals surface area contributed by atoms with E-state index in [0.29, 0.717) is 12.5 Å². The molecule has 0 aliphatic heterocycles. The molecule has 0 spiro atoms. The Morgan fingerprint density at radius 1 is 1.22 bits per heavy atom. The number of hydrogen-bond acceptors (Lipinski definition) is 3. The first kappa shape index (κ1) is 13.3. The van der Waals surface area contributed by atoms with E-state index in [-0.39, 0.29) is 22.1 Å². The Labute approximate surface area is 111 Å². The van der Waals surface area contributed by atoms with Crippen molar-refractivity contribution in [3.05, 3.63) is 16.9 Å². The summed E-state index contributed by atoms with van der Waals surface area (Å²) in [7, 11) is 0. The Hall–Kier alpha value is -1.16. The lowest BCUT2D eigenvalue weighted by molar-refractivity contribution is 0.203. The molecule has 100 valence electrons. The van der Waals surface area contributed by atoms with Crippen molar-refractivity contribution in [2.75, 3.05) is 18.1 Å². The van der Waals surface area contributed by atoms with Crippen LogP contribution in [0.15, 0.2) is 6.07 Å². The van der Waals surface area contributed by atoms with Crippen LogP contribution < -0.4 is 16.2 Å². The number of ether oxygens (including phenoxy) is 1. The number of benzene rings is 1. The molecule has 18 heavy (non-hydrogen) atoms. The largest absolute Gasteiger partial charge is 0.488 e. The zero-order valence-corrected chi connectivity index (χ0v) is 11.0. The van der Waals surface area contributed by atoms with Gasteiger partial charge >= 0.3 is 0 Å². The van der Waals surface area contributed by atoms with E-state index in [0.717, 1.165) is 12.8 Å². The second-order valence-corrected chi connectivity index (χ2v) is 5.21. The molecule has 1 saturated carbocycles. The Kier molecular flexibility index (Phi) is 4.17. The molecule has 5 heteroatoms. The van der Waals surface area contributed by atoms with Crippen molar-refractivity contribution in [1.82, 2.24) is 0 Å². The van der Waals surface area contributed by atoms with Crippen LogP contribution in [0.4, 0.5) is 15.8 Å². The lowest BCUT2D eigenvalue weighted by Crippen LogP contribution is -2.16. The monoisotopic (exact) mass is 272 g/mol. The maximum absolute atomic E-state index is 13.9. The zero-order valence-electron chi connectivity index (χ0n) is 10.2.